The van der Waals surface area contributed by atoms with Crippen LogP contribution in [0.4, 0.5) is 11.4 Å². The largest absolute Gasteiger partial charge is 0.410 e. The molecule has 0 amide bonds. The number of oxime groups is 1. The van der Waals surface area contributed by atoms with E-state index in [-0.39, 0.29) is 22.6 Å². The van der Waals surface area contributed by atoms with Gasteiger partial charge in [-0.15, -0.1) is 0 Å². The second kappa shape index (κ2) is 5.58. The van der Waals surface area contributed by atoms with E-state index in [0.29, 0.717) is 10.6 Å². The van der Waals surface area contributed by atoms with Crippen LogP contribution in [0, 0.1) is 10.1 Å². The highest BCUT2D eigenvalue weighted by atomic mass is 35.5. The molecule has 0 unspecified atom stereocenters. The predicted octanol–water partition coefficient (Wildman–Crippen LogP) is 3.06. The molecule has 0 aromatic heterocycles. The van der Waals surface area contributed by atoms with Crippen molar-refractivity contribution in [2.24, 2.45) is 5.16 Å². The molecule has 0 heterocycles. The van der Waals surface area contributed by atoms with Crippen LogP contribution in [0.1, 0.15) is 11.1 Å². The lowest BCUT2D eigenvalue weighted by Gasteiger charge is -2.09. The third-order valence-corrected chi connectivity index (χ3v) is 3.06. The van der Waals surface area contributed by atoms with Gasteiger partial charge < -0.3 is 10.9 Å². The average molecular weight is 292 g/mol. The average Bonchev–Trinajstić information content (AvgIpc) is 2.43. The maximum Gasteiger partial charge on any atom is 0.270 e. The van der Waals surface area contributed by atoms with Crippen LogP contribution in [0.3, 0.4) is 0 Å². The Labute approximate surface area is 119 Å². The lowest BCUT2D eigenvalue weighted by Crippen LogP contribution is -2.08. The normalized spacial score (nSPS) is 11.3. The Hall–Kier alpha value is -2.60. The molecule has 2 aromatic carbocycles. The number of nitrogens with zero attached hydrogens (tertiary/aromatic N) is 2. The number of nitrogen functional groups attached to an aromatic ring is 1. The van der Waals surface area contributed by atoms with Crippen LogP contribution < -0.4 is 5.73 Å². The second-order valence-corrected chi connectivity index (χ2v) is 4.36. The fraction of sp³-hybridized carbons (Fsp3) is 0. The van der Waals surface area contributed by atoms with Crippen LogP contribution in [0.5, 0.6) is 0 Å². The van der Waals surface area contributed by atoms with Crippen molar-refractivity contribution >= 4 is 28.7 Å². The van der Waals surface area contributed by atoms with Gasteiger partial charge in [0.25, 0.3) is 5.69 Å². The highest BCUT2D eigenvalue weighted by Gasteiger charge is 2.17. The molecule has 20 heavy (non-hydrogen) atoms. The zero-order chi connectivity index (χ0) is 14.7. The minimum atomic E-state index is -0.551. The van der Waals surface area contributed by atoms with Crippen molar-refractivity contribution in [3.8, 4) is 0 Å². The van der Waals surface area contributed by atoms with E-state index in [1.165, 1.54) is 18.2 Å². The lowest BCUT2D eigenvalue weighted by atomic mass is 10.0. The van der Waals surface area contributed by atoms with Crippen LogP contribution in [0.2, 0.25) is 5.02 Å². The van der Waals surface area contributed by atoms with Crippen LogP contribution in [0.15, 0.2) is 47.6 Å². The Bertz CT molecular complexity index is 701. The minimum absolute atomic E-state index is 0.0804. The van der Waals surface area contributed by atoms with E-state index in [0.717, 1.165) is 0 Å². The van der Waals surface area contributed by atoms with Crippen LogP contribution in [0.25, 0.3) is 0 Å². The van der Waals surface area contributed by atoms with E-state index in [2.05, 4.69) is 5.16 Å². The van der Waals surface area contributed by atoms with Gasteiger partial charge in [0, 0.05) is 28.9 Å². The molecular weight excluding hydrogens is 282 g/mol. The van der Waals surface area contributed by atoms with E-state index >= 15 is 0 Å². The fourth-order valence-electron chi connectivity index (χ4n) is 1.77. The first-order valence-corrected chi connectivity index (χ1v) is 5.93. The van der Waals surface area contributed by atoms with E-state index in [9.17, 15) is 15.3 Å². The van der Waals surface area contributed by atoms with Gasteiger partial charge >= 0.3 is 0 Å². The smallest absolute Gasteiger partial charge is 0.270 e. The molecule has 0 bridgehead atoms. The summed E-state index contributed by atoms with van der Waals surface area (Å²) in [7, 11) is 0. The van der Waals surface area contributed by atoms with Crippen molar-refractivity contribution in [2.45, 2.75) is 0 Å². The van der Waals surface area contributed by atoms with Crippen molar-refractivity contribution in [1.82, 2.24) is 0 Å². The second-order valence-electron chi connectivity index (χ2n) is 3.96. The van der Waals surface area contributed by atoms with Gasteiger partial charge in [0.1, 0.15) is 5.71 Å². The Kier molecular flexibility index (Phi) is 3.86. The number of halogens is 1. The summed E-state index contributed by atoms with van der Waals surface area (Å²) >= 11 is 6.04. The third-order valence-electron chi connectivity index (χ3n) is 2.73. The Morgan fingerprint density at radius 2 is 1.95 bits per heavy atom. The molecule has 7 heteroatoms. The maximum atomic E-state index is 10.8. The molecule has 0 saturated heterocycles. The summed E-state index contributed by atoms with van der Waals surface area (Å²) in [5.41, 5.74) is 6.66. The number of nitro groups is 1. The van der Waals surface area contributed by atoms with Gasteiger partial charge in [0.2, 0.25) is 0 Å². The van der Waals surface area contributed by atoms with Gasteiger partial charge in [-0.05, 0) is 12.1 Å². The summed E-state index contributed by atoms with van der Waals surface area (Å²) in [5, 5.41) is 23.6. The van der Waals surface area contributed by atoms with E-state index in [4.69, 9.17) is 17.3 Å². The number of nitrogens with two attached hydrogens (primary N) is 1. The van der Waals surface area contributed by atoms with Gasteiger partial charge in [0.05, 0.1) is 9.95 Å². The monoisotopic (exact) mass is 291 g/mol. The first kappa shape index (κ1) is 13.8. The summed E-state index contributed by atoms with van der Waals surface area (Å²) < 4.78 is 0. The molecule has 102 valence electrons. The quantitative estimate of drug-likeness (QED) is 0.298. The summed E-state index contributed by atoms with van der Waals surface area (Å²) in [5.74, 6) is 0. The van der Waals surface area contributed by atoms with Gasteiger partial charge in [-0.1, -0.05) is 35.0 Å². The van der Waals surface area contributed by atoms with Crippen LogP contribution in [-0.2, 0) is 0 Å². The third kappa shape index (κ3) is 2.55. The molecule has 0 aliphatic carbocycles. The summed E-state index contributed by atoms with van der Waals surface area (Å²) in [4.78, 5) is 10.3. The fourth-order valence-corrected chi connectivity index (χ4v) is 1.99. The Balaban J connectivity index is 2.62. The molecule has 2 aromatic rings. The molecule has 0 radical (unpaired) electrons. The number of hydrogen-bond acceptors (Lipinski definition) is 5. The number of non-ortho nitro benzene ring substituents is 1. The molecule has 0 atom stereocenters. The SMILES string of the molecule is Nc1ccc([N+](=O)[O-])cc1C(=NO)c1ccccc1Cl. The minimum Gasteiger partial charge on any atom is -0.410 e. The molecule has 0 spiro atoms. The molecule has 0 aliphatic heterocycles. The molecule has 0 aliphatic rings. The number of anilines is 1. The maximum absolute atomic E-state index is 10.8. The highest BCUT2D eigenvalue weighted by molar-refractivity contribution is 6.35. The number of hydrogen-bond donors (Lipinski definition) is 2. The van der Waals surface area contributed by atoms with Crippen molar-refractivity contribution in [1.29, 1.82) is 0 Å². The summed E-state index contributed by atoms with van der Waals surface area (Å²) in [6.45, 7) is 0. The summed E-state index contributed by atoms with van der Waals surface area (Å²) in [6.07, 6.45) is 0. The van der Waals surface area contributed by atoms with Crippen molar-refractivity contribution < 1.29 is 10.1 Å². The van der Waals surface area contributed by atoms with Crippen LogP contribution in [-0.4, -0.2) is 15.8 Å². The number of nitro benzene ring substituents is 1. The highest BCUT2D eigenvalue weighted by Crippen LogP contribution is 2.26. The zero-order valence-electron chi connectivity index (χ0n) is 10.2. The Morgan fingerprint density at radius 1 is 1.25 bits per heavy atom. The first-order chi connectivity index (χ1) is 9.54. The Morgan fingerprint density at radius 3 is 2.55 bits per heavy atom. The van der Waals surface area contributed by atoms with Gasteiger partial charge in [-0.25, -0.2) is 0 Å². The van der Waals surface area contributed by atoms with E-state index in [1.54, 1.807) is 24.3 Å². The van der Waals surface area contributed by atoms with E-state index in [1.807, 2.05) is 0 Å². The number of rotatable bonds is 3. The molecule has 0 saturated carbocycles. The zero-order valence-corrected chi connectivity index (χ0v) is 10.9. The van der Waals surface area contributed by atoms with Crippen LogP contribution >= 0.6 is 11.6 Å². The van der Waals surface area contributed by atoms with Gasteiger partial charge in [-0.3, -0.25) is 10.1 Å². The first-order valence-electron chi connectivity index (χ1n) is 5.56. The predicted molar refractivity (Wildman–Crippen MR) is 76.4 cm³/mol. The summed E-state index contributed by atoms with van der Waals surface area (Å²) in [6, 6.07) is 10.6. The molecule has 2 rings (SSSR count). The standard InChI is InChI=1S/C13H10ClN3O3/c14-11-4-2-1-3-9(11)13(16-18)10-7-8(17(19)20)5-6-12(10)15/h1-7,18H,15H2. The van der Waals surface area contributed by atoms with Gasteiger partial charge in [0.15, 0.2) is 0 Å². The molecule has 6 nitrogen and oxygen atoms in total. The lowest BCUT2D eigenvalue weighted by molar-refractivity contribution is -0.384. The van der Waals surface area contributed by atoms with Crippen molar-refractivity contribution in [2.75, 3.05) is 5.73 Å². The van der Waals surface area contributed by atoms with Crippen molar-refractivity contribution in [3.63, 3.8) is 0 Å². The van der Waals surface area contributed by atoms with E-state index < -0.39 is 4.92 Å². The van der Waals surface area contributed by atoms with Gasteiger partial charge in [-0.2, -0.15) is 0 Å². The van der Waals surface area contributed by atoms with Crippen molar-refractivity contribution in [3.05, 3.63) is 68.7 Å². The topological polar surface area (TPSA) is 102 Å². The molecule has 0 fully saturated rings. The molecule has 3 N–H and O–H groups in total. The number of benzene rings is 2. The molecular formula is C13H10ClN3O3.